The number of hydrogen-bond acceptors (Lipinski definition) is 5. The highest BCUT2D eigenvalue weighted by atomic mass is 19.4. The summed E-state index contributed by atoms with van der Waals surface area (Å²) in [6, 6.07) is -0.803. The van der Waals surface area contributed by atoms with E-state index in [0.717, 1.165) is 7.11 Å². The maximum Gasteiger partial charge on any atom is 0.418 e. The van der Waals surface area contributed by atoms with Crippen LogP contribution >= 0.6 is 0 Å². The van der Waals surface area contributed by atoms with Crippen LogP contribution in [0.4, 0.5) is 13.2 Å². The third kappa shape index (κ3) is 4.64. The molecule has 0 fully saturated rings. The first-order valence-electron chi connectivity index (χ1n) is 6.83. The second-order valence-electron chi connectivity index (χ2n) is 5.32. The predicted molar refractivity (Wildman–Crippen MR) is 73.8 cm³/mol. The summed E-state index contributed by atoms with van der Waals surface area (Å²) in [5.74, 6) is -0.824. The van der Waals surface area contributed by atoms with Gasteiger partial charge in [0.05, 0.1) is 18.4 Å². The number of aromatic nitrogens is 2. The van der Waals surface area contributed by atoms with Crippen LogP contribution in [0.5, 0.6) is 0 Å². The van der Waals surface area contributed by atoms with Crippen LogP contribution in [0.1, 0.15) is 37.6 Å². The van der Waals surface area contributed by atoms with Gasteiger partial charge in [-0.1, -0.05) is 13.8 Å². The fourth-order valence-electron chi connectivity index (χ4n) is 2.08. The van der Waals surface area contributed by atoms with E-state index < -0.39 is 41.4 Å². The van der Waals surface area contributed by atoms with Gasteiger partial charge in [0, 0.05) is 12.5 Å². The number of methoxy groups -OCH3 is 1. The van der Waals surface area contributed by atoms with Crippen molar-refractivity contribution >= 4 is 12.3 Å². The number of hydrogen-bond donors (Lipinski definition) is 0. The number of nitrogens with zero attached hydrogens (tertiary/aromatic N) is 2. The maximum absolute atomic E-state index is 12.9. The van der Waals surface area contributed by atoms with Gasteiger partial charge in [-0.25, -0.2) is 9.48 Å². The van der Waals surface area contributed by atoms with Crippen molar-refractivity contribution in [2.45, 2.75) is 38.9 Å². The average Bonchev–Trinajstić information content (AvgIpc) is 2.44. The van der Waals surface area contributed by atoms with Crippen molar-refractivity contribution in [3.05, 3.63) is 27.7 Å². The van der Waals surface area contributed by atoms with E-state index in [0.29, 0.717) is 10.7 Å². The first-order valence-corrected chi connectivity index (χ1v) is 6.83. The Morgan fingerprint density at radius 1 is 1.43 bits per heavy atom. The molecule has 0 aliphatic carbocycles. The lowest BCUT2D eigenvalue weighted by atomic mass is 10.0. The molecule has 0 spiro atoms. The number of halogens is 3. The number of aldehydes is 1. The lowest BCUT2D eigenvalue weighted by Crippen LogP contribution is -2.35. The van der Waals surface area contributed by atoms with Crippen molar-refractivity contribution in [1.82, 2.24) is 9.78 Å². The van der Waals surface area contributed by atoms with Gasteiger partial charge in [0.15, 0.2) is 6.04 Å². The molecule has 1 aromatic rings. The molecule has 1 aromatic heterocycles. The Bertz CT molecular complexity index is 638. The second kappa shape index (κ2) is 7.38. The van der Waals surface area contributed by atoms with Gasteiger partial charge < -0.3 is 9.53 Å². The summed E-state index contributed by atoms with van der Waals surface area (Å²) >= 11 is 0. The molecule has 9 heteroatoms. The Hall–Kier alpha value is -2.19. The van der Waals surface area contributed by atoms with Gasteiger partial charge in [-0.2, -0.15) is 18.3 Å². The standard InChI is InChI=1S/C14H17F3N2O4/c1-8(2)6-11(13(22)23-3)19-12(21)7-9(14(15,16)17)10(18-19)4-5-20/h5,7-8,11H,4,6H2,1-3H3/t11-/m0/s1. The second-order valence-corrected chi connectivity index (χ2v) is 5.32. The third-order valence-corrected chi connectivity index (χ3v) is 3.08. The summed E-state index contributed by atoms with van der Waals surface area (Å²) in [6.07, 6.45) is -5.03. The molecular weight excluding hydrogens is 317 g/mol. The summed E-state index contributed by atoms with van der Waals surface area (Å²) in [5.41, 5.74) is -2.97. The van der Waals surface area contributed by atoms with Crippen LogP contribution in [-0.2, 0) is 26.9 Å². The summed E-state index contributed by atoms with van der Waals surface area (Å²) in [5, 5.41) is 3.60. The van der Waals surface area contributed by atoms with Crippen molar-refractivity contribution in [2.24, 2.45) is 5.92 Å². The highest BCUT2D eigenvalue weighted by molar-refractivity contribution is 5.73. The van der Waals surface area contributed by atoms with Gasteiger partial charge in [-0.15, -0.1) is 0 Å². The largest absolute Gasteiger partial charge is 0.467 e. The Labute approximate surface area is 130 Å². The van der Waals surface area contributed by atoms with E-state index in [2.05, 4.69) is 9.84 Å². The highest BCUT2D eigenvalue weighted by Gasteiger charge is 2.36. The lowest BCUT2D eigenvalue weighted by molar-refractivity contribution is -0.145. The van der Waals surface area contributed by atoms with Crippen molar-refractivity contribution < 1.29 is 27.5 Å². The smallest absolute Gasteiger partial charge is 0.418 e. The van der Waals surface area contributed by atoms with E-state index in [1.54, 1.807) is 13.8 Å². The number of rotatable bonds is 6. The number of carbonyl (C=O) groups excluding carboxylic acids is 2. The van der Waals surface area contributed by atoms with E-state index in [1.807, 2.05) is 0 Å². The molecule has 1 rings (SSSR count). The molecule has 0 bridgehead atoms. The highest BCUT2D eigenvalue weighted by Crippen LogP contribution is 2.30. The zero-order chi connectivity index (χ0) is 17.8. The number of ether oxygens (including phenoxy) is 1. The van der Waals surface area contributed by atoms with Gasteiger partial charge in [0.25, 0.3) is 5.56 Å². The quantitative estimate of drug-likeness (QED) is 0.585. The number of esters is 1. The summed E-state index contributed by atoms with van der Waals surface area (Å²) in [7, 11) is 1.11. The van der Waals surface area contributed by atoms with Gasteiger partial charge in [-0.3, -0.25) is 4.79 Å². The van der Waals surface area contributed by atoms with Crippen molar-refractivity contribution in [3.63, 3.8) is 0 Å². The van der Waals surface area contributed by atoms with Crippen LogP contribution in [0, 0.1) is 5.92 Å². The molecule has 0 saturated carbocycles. The normalized spacial score (nSPS) is 13.0. The van der Waals surface area contributed by atoms with E-state index in [-0.39, 0.29) is 18.6 Å². The zero-order valence-corrected chi connectivity index (χ0v) is 12.9. The van der Waals surface area contributed by atoms with Gasteiger partial charge >= 0.3 is 12.1 Å². The lowest BCUT2D eigenvalue weighted by Gasteiger charge is -2.20. The molecule has 128 valence electrons. The molecule has 0 unspecified atom stereocenters. The number of carbonyl (C=O) groups is 2. The fraction of sp³-hybridized carbons (Fsp3) is 0.571. The molecule has 6 nitrogen and oxygen atoms in total. The average molecular weight is 334 g/mol. The van der Waals surface area contributed by atoms with E-state index in [4.69, 9.17) is 0 Å². The fourth-order valence-corrected chi connectivity index (χ4v) is 2.08. The molecule has 0 radical (unpaired) electrons. The first-order chi connectivity index (χ1) is 10.6. The number of alkyl halides is 3. The van der Waals surface area contributed by atoms with E-state index in [9.17, 15) is 27.6 Å². The maximum atomic E-state index is 12.9. The van der Waals surface area contributed by atoms with Crippen LogP contribution in [0.3, 0.4) is 0 Å². The summed E-state index contributed by atoms with van der Waals surface area (Å²) in [4.78, 5) is 34.4. The Kier molecular flexibility index (Phi) is 6.05. The molecular formula is C14H17F3N2O4. The molecule has 0 amide bonds. The van der Waals surface area contributed by atoms with Crippen molar-refractivity contribution in [1.29, 1.82) is 0 Å². The molecule has 23 heavy (non-hydrogen) atoms. The van der Waals surface area contributed by atoms with Gasteiger partial charge in [0.2, 0.25) is 0 Å². The summed E-state index contributed by atoms with van der Waals surface area (Å²) in [6.45, 7) is 3.55. The molecule has 0 aromatic carbocycles. The van der Waals surface area contributed by atoms with Gasteiger partial charge in [0.1, 0.15) is 6.29 Å². The minimum atomic E-state index is -4.82. The minimum absolute atomic E-state index is 0.0374. The first kappa shape index (κ1) is 18.9. The molecule has 0 aliphatic heterocycles. The molecule has 1 atom stereocenters. The molecule has 0 N–H and O–H groups in total. The van der Waals surface area contributed by atoms with Crippen molar-refractivity contribution in [2.75, 3.05) is 7.11 Å². The Morgan fingerprint density at radius 2 is 2.04 bits per heavy atom. The third-order valence-electron chi connectivity index (χ3n) is 3.08. The summed E-state index contributed by atoms with van der Waals surface area (Å²) < 4.78 is 44.0. The SMILES string of the molecule is COC(=O)[C@H](CC(C)C)n1nc(CC=O)c(C(F)(F)F)cc1=O. The Balaban J connectivity index is 3.51. The topological polar surface area (TPSA) is 78.3 Å². The van der Waals surface area contributed by atoms with Crippen LogP contribution in [0.2, 0.25) is 0 Å². The predicted octanol–water partition coefficient (Wildman–Crippen LogP) is 1.76. The zero-order valence-electron chi connectivity index (χ0n) is 12.9. The van der Waals surface area contributed by atoms with Crippen LogP contribution in [0.25, 0.3) is 0 Å². The van der Waals surface area contributed by atoms with Crippen LogP contribution in [-0.4, -0.2) is 29.1 Å². The monoisotopic (exact) mass is 334 g/mol. The van der Waals surface area contributed by atoms with Crippen LogP contribution < -0.4 is 5.56 Å². The van der Waals surface area contributed by atoms with E-state index >= 15 is 0 Å². The van der Waals surface area contributed by atoms with Crippen molar-refractivity contribution in [3.8, 4) is 0 Å². The minimum Gasteiger partial charge on any atom is -0.467 e. The molecule has 0 saturated heterocycles. The van der Waals surface area contributed by atoms with Crippen LogP contribution in [0.15, 0.2) is 10.9 Å². The Morgan fingerprint density at radius 3 is 2.48 bits per heavy atom. The van der Waals surface area contributed by atoms with Gasteiger partial charge in [-0.05, 0) is 12.3 Å². The van der Waals surface area contributed by atoms with E-state index in [1.165, 1.54) is 0 Å². The molecule has 1 heterocycles. The molecule has 0 aliphatic rings.